The number of benzene rings is 2. The number of thioether (sulfide) groups is 1. The first kappa shape index (κ1) is 20.6. The molecule has 2 aliphatic rings. The molecule has 2 aromatic rings. The molecule has 1 amide bonds. The fourth-order valence-electron chi connectivity index (χ4n) is 3.77. The standard InChI is InChI=1S/C20H21BrN2O5S/c1-26-10-28-12-6-11-4-3-5-15(21)17(11)13(7-12)16-8-20(25)14(9-27-16)18(24)22-19(23-20)29-2/h3-7,14,16,25H,8-10H2,1-2H3,(H,22,23,24). The number of aliphatic hydroxyl groups is 1. The van der Waals surface area contributed by atoms with Crippen molar-refractivity contribution in [2.75, 3.05) is 26.8 Å². The van der Waals surface area contributed by atoms with Gasteiger partial charge >= 0.3 is 0 Å². The maximum absolute atomic E-state index is 12.4. The highest BCUT2D eigenvalue weighted by Crippen LogP contribution is 2.44. The molecule has 2 aromatic carbocycles. The van der Waals surface area contributed by atoms with Crippen LogP contribution in [-0.2, 0) is 14.3 Å². The highest BCUT2D eigenvalue weighted by molar-refractivity contribution is 9.10. The van der Waals surface area contributed by atoms with Crippen LogP contribution in [0.5, 0.6) is 5.75 Å². The number of aliphatic imine (C=N–C) groups is 1. The van der Waals surface area contributed by atoms with Gasteiger partial charge < -0.3 is 24.6 Å². The Labute approximate surface area is 180 Å². The molecular formula is C20H21BrN2O5S. The van der Waals surface area contributed by atoms with E-state index in [-0.39, 0.29) is 25.7 Å². The summed E-state index contributed by atoms with van der Waals surface area (Å²) in [6.45, 7) is 0.200. The summed E-state index contributed by atoms with van der Waals surface area (Å²) in [5.41, 5.74) is -0.652. The molecular weight excluding hydrogens is 460 g/mol. The summed E-state index contributed by atoms with van der Waals surface area (Å²) >= 11 is 4.92. The Bertz CT molecular complexity index is 985. The van der Waals surface area contributed by atoms with Crippen molar-refractivity contribution in [1.82, 2.24) is 5.32 Å². The Balaban J connectivity index is 1.77. The Morgan fingerprint density at radius 3 is 3.03 bits per heavy atom. The Morgan fingerprint density at radius 1 is 1.45 bits per heavy atom. The van der Waals surface area contributed by atoms with Crippen molar-refractivity contribution in [3.8, 4) is 5.75 Å². The lowest BCUT2D eigenvalue weighted by Gasteiger charge is -2.42. The predicted molar refractivity (Wildman–Crippen MR) is 115 cm³/mol. The summed E-state index contributed by atoms with van der Waals surface area (Å²) in [6.07, 6.45) is 1.52. The van der Waals surface area contributed by atoms with Gasteiger partial charge in [0.25, 0.3) is 0 Å². The molecule has 4 rings (SSSR count). The quantitative estimate of drug-likeness (QED) is 0.653. The Hall–Kier alpha value is -1.65. The summed E-state index contributed by atoms with van der Waals surface area (Å²) in [6, 6.07) is 9.72. The SMILES string of the molecule is COCOc1cc(C2CC3(O)N=C(SC)NC(=O)C3CO2)c2c(Br)cccc2c1. The van der Waals surface area contributed by atoms with Crippen molar-refractivity contribution in [3.05, 3.63) is 40.4 Å². The van der Waals surface area contributed by atoms with Gasteiger partial charge in [-0.2, -0.15) is 0 Å². The van der Waals surface area contributed by atoms with Crippen molar-refractivity contribution in [2.45, 2.75) is 18.2 Å². The van der Waals surface area contributed by atoms with Crippen molar-refractivity contribution in [3.63, 3.8) is 0 Å². The molecule has 0 radical (unpaired) electrons. The Kier molecular flexibility index (Phi) is 5.85. The smallest absolute Gasteiger partial charge is 0.236 e. The molecule has 1 saturated heterocycles. The number of nitrogens with one attached hydrogen (secondary N) is 1. The molecule has 3 unspecified atom stereocenters. The van der Waals surface area contributed by atoms with Crippen molar-refractivity contribution >= 4 is 49.5 Å². The minimum atomic E-state index is -1.51. The van der Waals surface area contributed by atoms with Gasteiger partial charge in [-0.1, -0.05) is 39.8 Å². The van der Waals surface area contributed by atoms with Gasteiger partial charge in [0.1, 0.15) is 11.7 Å². The zero-order chi connectivity index (χ0) is 20.6. The molecule has 2 heterocycles. The number of carbonyl (C=O) groups is 1. The second-order valence-electron chi connectivity index (χ2n) is 6.97. The number of carbonyl (C=O) groups excluding carboxylic acids is 1. The van der Waals surface area contributed by atoms with Crippen LogP contribution in [-0.4, -0.2) is 48.7 Å². The number of nitrogens with zero attached hydrogens (tertiary/aromatic N) is 1. The first-order chi connectivity index (χ1) is 13.9. The number of halogens is 1. The van der Waals surface area contributed by atoms with E-state index < -0.39 is 17.7 Å². The van der Waals surface area contributed by atoms with Gasteiger partial charge in [0.15, 0.2) is 17.7 Å². The van der Waals surface area contributed by atoms with E-state index >= 15 is 0 Å². The molecule has 7 nitrogen and oxygen atoms in total. The predicted octanol–water partition coefficient (Wildman–Crippen LogP) is 3.20. The van der Waals surface area contributed by atoms with E-state index in [1.54, 1.807) is 13.4 Å². The largest absolute Gasteiger partial charge is 0.468 e. The van der Waals surface area contributed by atoms with E-state index in [1.807, 2.05) is 30.3 Å². The van der Waals surface area contributed by atoms with Gasteiger partial charge in [0.05, 0.1) is 12.7 Å². The third-order valence-electron chi connectivity index (χ3n) is 5.16. The van der Waals surface area contributed by atoms with Gasteiger partial charge in [-0.05, 0) is 35.4 Å². The van der Waals surface area contributed by atoms with Crippen LogP contribution >= 0.6 is 27.7 Å². The minimum Gasteiger partial charge on any atom is -0.468 e. The maximum atomic E-state index is 12.4. The maximum Gasteiger partial charge on any atom is 0.236 e. The molecule has 0 aliphatic carbocycles. The van der Waals surface area contributed by atoms with Crippen molar-refractivity contribution < 1.29 is 24.1 Å². The zero-order valence-electron chi connectivity index (χ0n) is 16.0. The molecule has 29 heavy (non-hydrogen) atoms. The summed E-state index contributed by atoms with van der Waals surface area (Å²) in [7, 11) is 1.56. The monoisotopic (exact) mass is 480 g/mol. The van der Waals surface area contributed by atoms with Crippen LogP contribution in [0.2, 0.25) is 0 Å². The molecule has 2 aliphatic heterocycles. The lowest BCUT2D eigenvalue weighted by molar-refractivity contribution is -0.165. The first-order valence-corrected chi connectivity index (χ1v) is 11.1. The van der Waals surface area contributed by atoms with E-state index in [2.05, 4.69) is 26.2 Å². The second kappa shape index (κ2) is 8.23. The fourth-order valence-corrected chi connectivity index (χ4v) is 4.83. The van der Waals surface area contributed by atoms with Crippen molar-refractivity contribution in [1.29, 1.82) is 0 Å². The van der Waals surface area contributed by atoms with E-state index in [4.69, 9.17) is 14.2 Å². The van der Waals surface area contributed by atoms with E-state index in [1.165, 1.54) is 11.8 Å². The molecule has 0 saturated carbocycles. The summed E-state index contributed by atoms with van der Waals surface area (Å²) < 4.78 is 17.7. The van der Waals surface area contributed by atoms with Crippen LogP contribution in [0.15, 0.2) is 39.8 Å². The zero-order valence-corrected chi connectivity index (χ0v) is 18.4. The number of amides is 1. The number of hydrogen-bond acceptors (Lipinski definition) is 7. The van der Waals surface area contributed by atoms with Crippen LogP contribution in [0.4, 0.5) is 0 Å². The van der Waals surface area contributed by atoms with E-state index in [0.717, 1.165) is 20.8 Å². The molecule has 154 valence electrons. The van der Waals surface area contributed by atoms with Crippen LogP contribution in [0.25, 0.3) is 10.8 Å². The number of fused-ring (bicyclic) bond motifs is 2. The number of hydrogen-bond donors (Lipinski definition) is 2. The molecule has 9 heteroatoms. The molecule has 2 N–H and O–H groups in total. The van der Waals surface area contributed by atoms with E-state index in [9.17, 15) is 9.90 Å². The lowest BCUT2D eigenvalue weighted by Crippen LogP contribution is -2.57. The highest BCUT2D eigenvalue weighted by Gasteiger charge is 2.50. The molecule has 0 bridgehead atoms. The third-order valence-corrected chi connectivity index (χ3v) is 6.40. The average Bonchev–Trinajstić information content (AvgIpc) is 2.70. The van der Waals surface area contributed by atoms with Crippen LogP contribution in [0, 0.1) is 5.92 Å². The minimum absolute atomic E-state index is 0.0766. The highest BCUT2D eigenvalue weighted by atomic mass is 79.9. The topological polar surface area (TPSA) is 89.4 Å². The average molecular weight is 481 g/mol. The van der Waals surface area contributed by atoms with Gasteiger partial charge in [-0.25, -0.2) is 4.99 Å². The van der Waals surface area contributed by atoms with Crippen LogP contribution in [0.1, 0.15) is 18.1 Å². The molecule has 1 fully saturated rings. The Morgan fingerprint density at radius 2 is 2.28 bits per heavy atom. The van der Waals surface area contributed by atoms with Gasteiger partial charge in [0.2, 0.25) is 5.91 Å². The lowest BCUT2D eigenvalue weighted by atomic mass is 9.84. The normalized spacial score (nSPS) is 26.6. The number of amidine groups is 1. The molecule has 3 atom stereocenters. The summed E-state index contributed by atoms with van der Waals surface area (Å²) in [4.78, 5) is 16.8. The number of methoxy groups -OCH3 is 1. The first-order valence-electron chi connectivity index (χ1n) is 9.08. The molecule has 0 aromatic heterocycles. The number of rotatable bonds is 4. The summed E-state index contributed by atoms with van der Waals surface area (Å²) in [5.74, 6) is -0.370. The van der Waals surface area contributed by atoms with Gasteiger partial charge in [-0.15, -0.1) is 0 Å². The van der Waals surface area contributed by atoms with Crippen LogP contribution in [0.3, 0.4) is 0 Å². The summed E-state index contributed by atoms with van der Waals surface area (Å²) in [5, 5.41) is 16.3. The van der Waals surface area contributed by atoms with Crippen molar-refractivity contribution in [2.24, 2.45) is 10.9 Å². The van der Waals surface area contributed by atoms with Gasteiger partial charge in [-0.3, -0.25) is 4.79 Å². The fraction of sp³-hybridized carbons (Fsp3) is 0.400. The molecule has 0 spiro atoms. The van der Waals surface area contributed by atoms with Gasteiger partial charge in [0, 0.05) is 23.4 Å². The van der Waals surface area contributed by atoms with E-state index in [0.29, 0.717) is 10.9 Å². The number of ether oxygens (including phenoxy) is 3. The second-order valence-corrected chi connectivity index (χ2v) is 8.62. The third kappa shape index (κ3) is 3.89. The van der Waals surface area contributed by atoms with Crippen LogP contribution < -0.4 is 10.1 Å².